The number of aromatic nitrogens is 3. The molecule has 0 aliphatic heterocycles. The highest BCUT2D eigenvalue weighted by Gasteiger charge is 2.22. The van der Waals surface area contributed by atoms with Crippen LogP contribution in [0.5, 0.6) is 11.5 Å². The van der Waals surface area contributed by atoms with E-state index in [2.05, 4.69) is 20.7 Å². The number of amides is 1. The van der Waals surface area contributed by atoms with Gasteiger partial charge in [0.25, 0.3) is 5.56 Å². The molecule has 1 amide bonds. The molecule has 2 rings (SSSR count). The molecule has 1 aromatic heterocycles. The van der Waals surface area contributed by atoms with Crippen LogP contribution in [-0.4, -0.2) is 51.2 Å². The summed E-state index contributed by atoms with van der Waals surface area (Å²) < 4.78 is 10.7. The molecule has 3 N–H and O–H groups in total. The Kier molecular flexibility index (Phi) is 8.10. The topological polar surface area (TPSA) is 182 Å². The Morgan fingerprint density at radius 2 is 2.07 bits per heavy atom. The summed E-state index contributed by atoms with van der Waals surface area (Å²) >= 11 is 0.796. The molecule has 0 aliphatic carbocycles. The number of nitrogens with one attached hydrogen (secondary N) is 3. The summed E-state index contributed by atoms with van der Waals surface area (Å²) in [6.07, 6.45) is 1.21. The molecule has 0 fully saturated rings. The third-order valence-electron chi connectivity index (χ3n) is 3.27. The molecule has 0 aliphatic rings. The average Bonchev–Trinajstić information content (AvgIpc) is 2.69. The number of hydrogen-bond acceptors (Lipinski definition) is 10. The SMILES string of the molecule is CCOc1cc(/C=N/NC(=O)CSc2n[nH]c(=O)[nH]c2=O)cc([N+](=O)[O-])c1OCC. The lowest BCUT2D eigenvalue weighted by Gasteiger charge is -2.11. The van der Waals surface area contributed by atoms with Crippen molar-refractivity contribution < 1.29 is 19.2 Å². The van der Waals surface area contributed by atoms with Gasteiger partial charge in [-0.1, -0.05) is 11.8 Å². The van der Waals surface area contributed by atoms with Crippen LogP contribution in [0, 0.1) is 10.1 Å². The van der Waals surface area contributed by atoms with E-state index < -0.39 is 22.1 Å². The number of nitro benzene ring substituents is 1. The number of carbonyl (C=O) groups is 1. The highest BCUT2D eigenvalue weighted by atomic mass is 32.2. The van der Waals surface area contributed by atoms with Crippen molar-refractivity contribution in [2.75, 3.05) is 19.0 Å². The second-order valence-corrected chi connectivity index (χ2v) is 6.35. The second kappa shape index (κ2) is 10.8. The van der Waals surface area contributed by atoms with Crippen LogP contribution in [0.15, 0.2) is 31.8 Å². The number of nitrogens with zero attached hydrogens (tertiary/aromatic N) is 3. The number of carbonyl (C=O) groups excluding carboxylic acids is 1. The van der Waals surface area contributed by atoms with Crippen molar-refractivity contribution in [2.45, 2.75) is 18.9 Å². The van der Waals surface area contributed by atoms with Crippen molar-refractivity contribution in [1.29, 1.82) is 0 Å². The molecule has 0 atom stereocenters. The number of nitro groups is 1. The maximum absolute atomic E-state index is 11.9. The number of hydrogen-bond donors (Lipinski definition) is 3. The van der Waals surface area contributed by atoms with Gasteiger partial charge in [0, 0.05) is 11.6 Å². The summed E-state index contributed by atoms with van der Waals surface area (Å²) in [7, 11) is 0. The number of hydrazone groups is 1. The van der Waals surface area contributed by atoms with Crippen molar-refractivity contribution in [3.8, 4) is 11.5 Å². The molecule has 1 aromatic carbocycles. The van der Waals surface area contributed by atoms with Crippen LogP contribution in [0.4, 0.5) is 5.69 Å². The van der Waals surface area contributed by atoms with E-state index in [0.717, 1.165) is 11.8 Å². The van der Waals surface area contributed by atoms with Crippen LogP contribution in [0.2, 0.25) is 0 Å². The van der Waals surface area contributed by atoms with Crippen LogP contribution in [-0.2, 0) is 4.79 Å². The molecule has 1 heterocycles. The summed E-state index contributed by atoms with van der Waals surface area (Å²) in [6, 6.07) is 2.73. The molecule has 0 bridgehead atoms. The summed E-state index contributed by atoms with van der Waals surface area (Å²) in [5.41, 5.74) is 0.764. The molecule has 0 saturated heterocycles. The first kappa shape index (κ1) is 22.6. The minimum Gasteiger partial charge on any atom is -0.490 e. The quantitative estimate of drug-likeness (QED) is 0.205. The van der Waals surface area contributed by atoms with Gasteiger partial charge in [-0.3, -0.25) is 24.7 Å². The number of ether oxygens (including phenoxy) is 2. The van der Waals surface area contributed by atoms with Gasteiger partial charge in [-0.05, 0) is 19.9 Å². The summed E-state index contributed by atoms with van der Waals surface area (Å²) in [4.78, 5) is 47.0. The minimum atomic E-state index is -0.755. The molecule has 0 saturated carbocycles. The van der Waals surface area contributed by atoms with E-state index in [1.54, 1.807) is 13.8 Å². The summed E-state index contributed by atoms with van der Waals surface area (Å²) in [5, 5.41) is 20.6. The van der Waals surface area contributed by atoms with E-state index in [9.17, 15) is 24.5 Å². The zero-order chi connectivity index (χ0) is 22.1. The zero-order valence-electron chi connectivity index (χ0n) is 16.0. The monoisotopic (exact) mass is 438 g/mol. The number of benzene rings is 1. The van der Waals surface area contributed by atoms with Crippen LogP contribution < -0.4 is 26.1 Å². The van der Waals surface area contributed by atoms with Gasteiger partial charge in [0.1, 0.15) is 0 Å². The van der Waals surface area contributed by atoms with Crippen LogP contribution in [0.3, 0.4) is 0 Å². The minimum absolute atomic E-state index is 0.0144. The van der Waals surface area contributed by atoms with Crippen molar-refractivity contribution in [3.63, 3.8) is 0 Å². The first-order valence-corrected chi connectivity index (χ1v) is 9.56. The fourth-order valence-electron chi connectivity index (χ4n) is 2.15. The molecule has 13 nitrogen and oxygen atoms in total. The van der Waals surface area contributed by atoms with Gasteiger partial charge >= 0.3 is 11.4 Å². The Labute approximate surface area is 173 Å². The predicted octanol–water partition coefficient (Wildman–Crippen LogP) is 0.406. The normalized spacial score (nSPS) is 10.7. The fraction of sp³-hybridized carbons (Fsp3) is 0.312. The van der Waals surface area contributed by atoms with Crippen molar-refractivity contribution >= 4 is 29.6 Å². The van der Waals surface area contributed by atoms with Gasteiger partial charge in [0.2, 0.25) is 11.7 Å². The van der Waals surface area contributed by atoms with Crippen LogP contribution in [0.25, 0.3) is 0 Å². The lowest BCUT2D eigenvalue weighted by atomic mass is 10.2. The lowest BCUT2D eigenvalue weighted by Crippen LogP contribution is -2.26. The Morgan fingerprint density at radius 1 is 1.33 bits per heavy atom. The van der Waals surface area contributed by atoms with E-state index in [1.165, 1.54) is 18.3 Å². The Bertz CT molecular complexity index is 1060. The highest BCUT2D eigenvalue weighted by Crippen LogP contribution is 2.38. The maximum atomic E-state index is 11.9. The molecule has 0 radical (unpaired) electrons. The van der Waals surface area contributed by atoms with Gasteiger partial charge in [0.15, 0.2) is 10.8 Å². The van der Waals surface area contributed by atoms with Crippen molar-refractivity contribution in [1.82, 2.24) is 20.6 Å². The Balaban J connectivity index is 2.08. The number of aromatic amines is 2. The number of thioether (sulfide) groups is 1. The third kappa shape index (κ3) is 6.16. The van der Waals surface area contributed by atoms with E-state index in [-0.39, 0.29) is 41.2 Å². The van der Waals surface area contributed by atoms with Gasteiger partial charge in [-0.25, -0.2) is 15.3 Å². The van der Waals surface area contributed by atoms with Crippen molar-refractivity contribution in [2.24, 2.45) is 5.10 Å². The largest absolute Gasteiger partial charge is 0.490 e. The van der Waals surface area contributed by atoms with E-state index >= 15 is 0 Å². The smallest absolute Gasteiger partial charge is 0.342 e. The average molecular weight is 438 g/mol. The number of H-pyrrole nitrogens is 2. The maximum Gasteiger partial charge on any atom is 0.342 e. The highest BCUT2D eigenvalue weighted by molar-refractivity contribution is 7.99. The van der Waals surface area contributed by atoms with Crippen LogP contribution >= 0.6 is 11.8 Å². The molecule has 2 aromatic rings. The fourth-order valence-corrected chi connectivity index (χ4v) is 2.77. The predicted molar refractivity (Wildman–Crippen MR) is 107 cm³/mol. The lowest BCUT2D eigenvalue weighted by molar-refractivity contribution is -0.385. The number of rotatable bonds is 10. The summed E-state index contributed by atoms with van der Waals surface area (Å²) in [6.45, 7) is 3.90. The second-order valence-electron chi connectivity index (χ2n) is 5.38. The van der Waals surface area contributed by atoms with Crippen molar-refractivity contribution in [3.05, 3.63) is 48.6 Å². The molecule has 30 heavy (non-hydrogen) atoms. The standard InChI is InChI=1S/C16H18N6O7S/c1-3-28-11-6-9(5-10(22(26)27)13(11)29-4-2)7-17-19-12(23)8-30-15-14(24)18-16(25)21-20-15/h5-7H,3-4,8H2,1-2H3,(H,19,23)(H2,18,21,24,25)/b17-7+. The molecule has 0 spiro atoms. The molecule has 0 unspecified atom stereocenters. The van der Waals surface area contributed by atoms with Gasteiger partial charge < -0.3 is 9.47 Å². The zero-order valence-corrected chi connectivity index (χ0v) is 16.8. The van der Waals surface area contributed by atoms with Gasteiger partial charge in [-0.15, -0.1) is 0 Å². The Hall–Kier alpha value is -3.68. The van der Waals surface area contributed by atoms with E-state index in [0.29, 0.717) is 5.56 Å². The van der Waals surface area contributed by atoms with E-state index in [4.69, 9.17) is 9.47 Å². The third-order valence-corrected chi connectivity index (χ3v) is 4.22. The molecular formula is C16H18N6O7S. The first-order valence-electron chi connectivity index (χ1n) is 8.57. The summed E-state index contributed by atoms with van der Waals surface area (Å²) in [5.74, 6) is -0.567. The van der Waals surface area contributed by atoms with Gasteiger partial charge in [-0.2, -0.15) is 10.2 Å². The van der Waals surface area contributed by atoms with E-state index in [1.807, 2.05) is 4.98 Å². The first-order chi connectivity index (χ1) is 14.3. The van der Waals surface area contributed by atoms with Gasteiger partial charge in [0.05, 0.1) is 30.1 Å². The molecular weight excluding hydrogens is 420 g/mol. The molecule has 160 valence electrons. The Morgan fingerprint density at radius 3 is 2.70 bits per heavy atom. The molecule has 14 heteroatoms. The van der Waals surface area contributed by atoms with Crippen LogP contribution in [0.1, 0.15) is 19.4 Å².